The van der Waals surface area contributed by atoms with Gasteiger partial charge in [0, 0.05) is 0 Å². The number of rotatable bonds is 5. The number of unbranched alkanes of at least 4 members (excludes halogenated alkanes) is 1. The van der Waals surface area contributed by atoms with E-state index in [1.54, 1.807) is 0 Å². The molecule has 0 aliphatic carbocycles. The monoisotopic (exact) mass is 157 g/mol. The maximum atomic E-state index is 9.76. The normalized spacial score (nSPS) is 19.4. The van der Waals surface area contributed by atoms with Crippen LogP contribution in [-0.2, 0) is 0 Å². The summed E-state index contributed by atoms with van der Waals surface area (Å²) in [5.41, 5.74) is -0.560. The van der Waals surface area contributed by atoms with Crippen molar-refractivity contribution < 1.29 is 5.11 Å². The van der Waals surface area contributed by atoms with Gasteiger partial charge in [0.1, 0.15) is 0 Å². The van der Waals surface area contributed by atoms with Gasteiger partial charge in [-0.15, -0.1) is 0 Å². The van der Waals surface area contributed by atoms with Crippen molar-refractivity contribution in [1.82, 2.24) is 0 Å². The largest absolute Gasteiger partial charge is 0.390 e. The zero-order valence-corrected chi connectivity index (χ0v) is 8.06. The van der Waals surface area contributed by atoms with Gasteiger partial charge in [-0.05, 0) is 25.7 Å². The molecule has 0 bridgehead atoms. The summed E-state index contributed by atoms with van der Waals surface area (Å²) in [5, 5.41) is 9.76. The summed E-state index contributed by atoms with van der Waals surface area (Å²) in [7, 11) is 0. The Morgan fingerprint density at radius 2 is 2.09 bits per heavy atom. The SMILES string of the molecule is [CH2]CC(C)(O)C(C)CCCC. The van der Waals surface area contributed by atoms with E-state index in [1.807, 2.05) is 6.92 Å². The summed E-state index contributed by atoms with van der Waals surface area (Å²) in [5.74, 6) is 0.375. The molecule has 0 aromatic rings. The Labute approximate surface area is 70.8 Å². The second kappa shape index (κ2) is 4.76. The molecular formula is C10H21O. The predicted octanol–water partition coefficient (Wildman–Crippen LogP) is 2.79. The molecule has 1 nitrogen and oxygen atoms in total. The average molecular weight is 157 g/mol. The van der Waals surface area contributed by atoms with Crippen molar-refractivity contribution in [1.29, 1.82) is 0 Å². The zero-order valence-electron chi connectivity index (χ0n) is 8.06. The quantitative estimate of drug-likeness (QED) is 0.650. The molecule has 0 amide bonds. The molecule has 0 spiro atoms. The van der Waals surface area contributed by atoms with Crippen LogP contribution in [0.3, 0.4) is 0 Å². The molecule has 0 aromatic heterocycles. The lowest BCUT2D eigenvalue weighted by molar-refractivity contribution is 0.00431. The van der Waals surface area contributed by atoms with Gasteiger partial charge in [0.15, 0.2) is 0 Å². The Kier molecular flexibility index (Phi) is 4.74. The highest BCUT2D eigenvalue weighted by atomic mass is 16.3. The minimum atomic E-state index is -0.560. The van der Waals surface area contributed by atoms with Gasteiger partial charge in [-0.3, -0.25) is 0 Å². The minimum absolute atomic E-state index is 0.375. The summed E-state index contributed by atoms with van der Waals surface area (Å²) >= 11 is 0. The first-order valence-electron chi connectivity index (χ1n) is 4.56. The van der Waals surface area contributed by atoms with E-state index in [4.69, 9.17) is 0 Å². The Bertz CT molecular complexity index is 97.0. The van der Waals surface area contributed by atoms with Crippen molar-refractivity contribution in [2.24, 2.45) is 5.92 Å². The maximum Gasteiger partial charge on any atom is 0.0645 e. The van der Waals surface area contributed by atoms with Crippen LogP contribution in [-0.4, -0.2) is 10.7 Å². The van der Waals surface area contributed by atoms with Gasteiger partial charge in [-0.1, -0.05) is 33.6 Å². The van der Waals surface area contributed by atoms with Gasteiger partial charge >= 0.3 is 0 Å². The van der Waals surface area contributed by atoms with Gasteiger partial charge in [-0.25, -0.2) is 0 Å². The second-order valence-electron chi connectivity index (χ2n) is 3.65. The standard InChI is InChI=1S/C10H21O/c1-5-7-8-9(3)10(4,11)6-2/h9,11H,2,5-8H2,1,3-4H3. The number of hydrogen-bond acceptors (Lipinski definition) is 1. The van der Waals surface area contributed by atoms with Crippen LogP contribution in [0, 0.1) is 12.8 Å². The van der Waals surface area contributed by atoms with Crippen molar-refractivity contribution >= 4 is 0 Å². The first-order chi connectivity index (χ1) is 5.04. The third kappa shape index (κ3) is 3.76. The number of hydrogen-bond donors (Lipinski definition) is 1. The smallest absolute Gasteiger partial charge is 0.0645 e. The molecule has 67 valence electrons. The maximum absolute atomic E-state index is 9.76. The van der Waals surface area contributed by atoms with Crippen LogP contribution >= 0.6 is 0 Å². The van der Waals surface area contributed by atoms with Gasteiger partial charge < -0.3 is 5.11 Å². The lowest BCUT2D eigenvalue weighted by Gasteiger charge is -2.28. The predicted molar refractivity (Wildman–Crippen MR) is 49.3 cm³/mol. The van der Waals surface area contributed by atoms with Gasteiger partial charge in [0.2, 0.25) is 0 Å². The fourth-order valence-electron chi connectivity index (χ4n) is 1.07. The van der Waals surface area contributed by atoms with Crippen molar-refractivity contribution in [3.8, 4) is 0 Å². The van der Waals surface area contributed by atoms with Crippen LogP contribution in [0.2, 0.25) is 0 Å². The molecule has 0 aliphatic heterocycles. The Morgan fingerprint density at radius 3 is 2.45 bits per heavy atom. The molecule has 1 radical (unpaired) electrons. The molecule has 1 heteroatoms. The van der Waals surface area contributed by atoms with Crippen LogP contribution in [0.1, 0.15) is 46.5 Å². The second-order valence-corrected chi connectivity index (χ2v) is 3.65. The molecular weight excluding hydrogens is 136 g/mol. The summed E-state index contributed by atoms with van der Waals surface area (Å²) in [6.07, 6.45) is 4.13. The van der Waals surface area contributed by atoms with Crippen LogP contribution in [0.4, 0.5) is 0 Å². The molecule has 0 rings (SSSR count). The van der Waals surface area contributed by atoms with Crippen LogP contribution in [0.5, 0.6) is 0 Å². The van der Waals surface area contributed by atoms with E-state index in [0.717, 1.165) is 6.42 Å². The highest BCUT2D eigenvalue weighted by Crippen LogP contribution is 2.24. The fraction of sp³-hybridized carbons (Fsp3) is 0.900. The first kappa shape index (κ1) is 11.0. The van der Waals surface area contributed by atoms with Gasteiger partial charge in [-0.2, -0.15) is 0 Å². The van der Waals surface area contributed by atoms with E-state index in [1.165, 1.54) is 12.8 Å². The highest BCUT2D eigenvalue weighted by molar-refractivity contribution is 4.79. The molecule has 0 aromatic carbocycles. The molecule has 2 unspecified atom stereocenters. The average Bonchev–Trinajstić information content (AvgIpc) is 2.00. The Morgan fingerprint density at radius 1 is 1.55 bits per heavy atom. The summed E-state index contributed by atoms with van der Waals surface area (Å²) in [4.78, 5) is 0. The minimum Gasteiger partial charge on any atom is -0.390 e. The van der Waals surface area contributed by atoms with E-state index >= 15 is 0 Å². The van der Waals surface area contributed by atoms with E-state index < -0.39 is 5.60 Å². The molecule has 0 saturated carbocycles. The molecule has 0 fully saturated rings. The molecule has 0 saturated heterocycles. The van der Waals surface area contributed by atoms with Crippen LogP contribution < -0.4 is 0 Å². The summed E-state index contributed by atoms with van der Waals surface area (Å²) in [6, 6.07) is 0. The van der Waals surface area contributed by atoms with Crippen molar-refractivity contribution in [2.45, 2.75) is 52.1 Å². The highest BCUT2D eigenvalue weighted by Gasteiger charge is 2.24. The van der Waals surface area contributed by atoms with Crippen LogP contribution in [0.15, 0.2) is 0 Å². The summed E-state index contributed by atoms with van der Waals surface area (Å²) < 4.78 is 0. The molecule has 0 heterocycles. The third-order valence-corrected chi connectivity index (χ3v) is 2.56. The molecule has 0 aliphatic rings. The van der Waals surface area contributed by atoms with E-state index in [0.29, 0.717) is 12.3 Å². The molecule has 1 N–H and O–H groups in total. The molecule has 2 atom stereocenters. The van der Waals surface area contributed by atoms with E-state index in [-0.39, 0.29) is 0 Å². The lowest BCUT2D eigenvalue weighted by atomic mass is 9.85. The van der Waals surface area contributed by atoms with Crippen molar-refractivity contribution in [3.63, 3.8) is 0 Å². The van der Waals surface area contributed by atoms with Crippen molar-refractivity contribution in [3.05, 3.63) is 6.92 Å². The van der Waals surface area contributed by atoms with E-state index in [2.05, 4.69) is 20.8 Å². The third-order valence-electron chi connectivity index (χ3n) is 2.56. The molecule has 11 heavy (non-hydrogen) atoms. The fourth-order valence-corrected chi connectivity index (χ4v) is 1.07. The first-order valence-corrected chi connectivity index (χ1v) is 4.56. The van der Waals surface area contributed by atoms with Crippen LogP contribution in [0.25, 0.3) is 0 Å². The topological polar surface area (TPSA) is 20.2 Å². The lowest BCUT2D eigenvalue weighted by Crippen LogP contribution is -2.31. The number of aliphatic hydroxyl groups is 1. The zero-order chi connectivity index (χ0) is 8.91. The van der Waals surface area contributed by atoms with Gasteiger partial charge in [0.25, 0.3) is 0 Å². The van der Waals surface area contributed by atoms with E-state index in [9.17, 15) is 5.11 Å². The Hall–Kier alpha value is -0.0400. The van der Waals surface area contributed by atoms with Crippen molar-refractivity contribution in [2.75, 3.05) is 0 Å². The summed E-state index contributed by atoms with van der Waals surface area (Å²) in [6.45, 7) is 9.88. The van der Waals surface area contributed by atoms with Gasteiger partial charge in [0.05, 0.1) is 5.60 Å². The Balaban J connectivity index is 3.71.